The van der Waals surface area contributed by atoms with Crippen molar-refractivity contribution in [3.8, 4) is 0 Å². The second kappa shape index (κ2) is 8.86. The smallest absolute Gasteiger partial charge is 0.230 e. The zero-order valence-electron chi connectivity index (χ0n) is 12.6. The Morgan fingerprint density at radius 2 is 1.68 bits per heavy atom. The van der Waals surface area contributed by atoms with Gasteiger partial charge in [-0.05, 0) is 36.6 Å². The lowest BCUT2D eigenvalue weighted by Gasteiger charge is -2.06. The number of hydrogen-bond donors (Lipinski definition) is 1. The number of amides is 1. The molecule has 0 aromatic heterocycles. The quantitative estimate of drug-likeness (QED) is 0.821. The molecule has 2 aromatic carbocycles. The maximum Gasteiger partial charge on any atom is 0.230 e. The maximum atomic E-state index is 11.8. The first-order chi connectivity index (χ1) is 10.6. The SMILES string of the molecule is Cc1ccc(CSCC(=O)NCCc2ccc(Cl)cc2)cc1. The van der Waals surface area contributed by atoms with Crippen LogP contribution in [0.3, 0.4) is 0 Å². The molecular weight excluding hydrogens is 314 g/mol. The fraction of sp³-hybridized carbons (Fsp3) is 0.278. The second-order valence-corrected chi connectivity index (χ2v) is 6.63. The molecule has 0 radical (unpaired) electrons. The van der Waals surface area contributed by atoms with Gasteiger partial charge in [-0.3, -0.25) is 4.79 Å². The van der Waals surface area contributed by atoms with Gasteiger partial charge in [0.1, 0.15) is 0 Å². The molecule has 0 aliphatic carbocycles. The molecule has 116 valence electrons. The van der Waals surface area contributed by atoms with Crippen LogP contribution in [0.1, 0.15) is 16.7 Å². The summed E-state index contributed by atoms with van der Waals surface area (Å²) in [4.78, 5) is 11.8. The largest absolute Gasteiger partial charge is 0.355 e. The van der Waals surface area contributed by atoms with Crippen LogP contribution >= 0.6 is 23.4 Å². The number of halogens is 1. The van der Waals surface area contributed by atoms with E-state index in [-0.39, 0.29) is 5.91 Å². The van der Waals surface area contributed by atoms with Gasteiger partial charge < -0.3 is 5.32 Å². The van der Waals surface area contributed by atoms with E-state index in [1.807, 2.05) is 24.3 Å². The van der Waals surface area contributed by atoms with Crippen molar-refractivity contribution >= 4 is 29.3 Å². The Kier molecular flexibility index (Phi) is 6.81. The van der Waals surface area contributed by atoms with Crippen LogP contribution in [-0.2, 0) is 17.0 Å². The normalized spacial score (nSPS) is 10.5. The van der Waals surface area contributed by atoms with E-state index >= 15 is 0 Å². The predicted octanol–water partition coefficient (Wildman–Crippen LogP) is 4.24. The zero-order valence-corrected chi connectivity index (χ0v) is 14.2. The third kappa shape index (κ3) is 6.12. The highest BCUT2D eigenvalue weighted by Gasteiger charge is 2.02. The molecule has 2 aromatic rings. The number of rotatable bonds is 7. The third-order valence-electron chi connectivity index (χ3n) is 3.27. The van der Waals surface area contributed by atoms with Crippen LogP contribution in [0.2, 0.25) is 5.02 Å². The Morgan fingerprint density at radius 3 is 2.36 bits per heavy atom. The van der Waals surface area contributed by atoms with Gasteiger partial charge in [-0.1, -0.05) is 53.6 Å². The van der Waals surface area contributed by atoms with Crippen LogP contribution in [0.25, 0.3) is 0 Å². The Morgan fingerprint density at radius 1 is 1.05 bits per heavy atom. The van der Waals surface area contributed by atoms with E-state index in [0.29, 0.717) is 12.3 Å². The van der Waals surface area contributed by atoms with Crippen LogP contribution in [0, 0.1) is 6.92 Å². The number of carbonyl (C=O) groups excluding carboxylic acids is 1. The first kappa shape index (κ1) is 16.9. The minimum absolute atomic E-state index is 0.0890. The molecule has 0 saturated heterocycles. The Labute approximate surface area is 141 Å². The summed E-state index contributed by atoms with van der Waals surface area (Å²) in [5.41, 5.74) is 3.69. The second-order valence-electron chi connectivity index (χ2n) is 5.20. The molecule has 0 unspecified atom stereocenters. The standard InChI is InChI=1S/C18H20ClNOS/c1-14-2-4-16(5-3-14)12-22-13-18(21)20-11-10-15-6-8-17(19)9-7-15/h2-9H,10-13H2,1H3,(H,20,21). The maximum absolute atomic E-state index is 11.8. The molecule has 0 saturated carbocycles. The van der Waals surface area contributed by atoms with Gasteiger partial charge in [-0.25, -0.2) is 0 Å². The molecule has 4 heteroatoms. The van der Waals surface area contributed by atoms with Gasteiger partial charge in [0.15, 0.2) is 0 Å². The van der Waals surface area contributed by atoms with Gasteiger partial charge >= 0.3 is 0 Å². The summed E-state index contributed by atoms with van der Waals surface area (Å²) < 4.78 is 0. The zero-order chi connectivity index (χ0) is 15.8. The van der Waals surface area contributed by atoms with E-state index in [1.165, 1.54) is 16.7 Å². The van der Waals surface area contributed by atoms with Gasteiger partial charge in [-0.2, -0.15) is 0 Å². The first-order valence-electron chi connectivity index (χ1n) is 7.28. The Bertz CT molecular complexity index is 542. The summed E-state index contributed by atoms with van der Waals surface area (Å²) in [5.74, 6) is 1.45. The van der Waals surface area contributed by atoms with Crippen molar-refractivity contribution in [1.29, 1.82) is 0 Å². The summed E-state index contributed by atoms with van der Waals surface area (Å²) in [6.45, 7) is 2.73. The summed E-state index contributed by atoms with van der Waals surface area (Å²) in [6.07, 6.45) is 0.825. The molecule has 0 bridgehead atoms. The minimum Gasteiger partial charge on any atom is -0.355 e. The molecule has 0 spiro atoms. The summed E-state index contributed by atoms with van der Waals surface area (Å²) >= 11 is 7.48. The monoisotopic (exact) mass is 333 g/mol. The fourth-order valence-electron chi connectivity index (χ4n) is 1.99. The van der Waals surface area contributed by atoms with Crippen molar-refractivity contribution in [1.82, 2.24) is 5.32 Å². The Balaban J connectivity index is 1.61. The molecule has 1 amide bonds. The molecule has 2 nitrogen and oxygen atoms in total. The van der Waals surface area contributed by atoms with Crippen molar-refractivity contribution in [2.45, 2.75) is 19.1 Å². The van der Waals surface area contributed by atoms with Crippen molar-refractivity contribution in [3.63, 3.8) is 0 Å². The molecular formula is C18H20ClNOS. The van der Waals surface area contributed by atoms with Gasteiger partial charge in [0, 0.05) is 17.3 Å². The first-order valence-corrected chi connectivity index (χ1v) is 8.81. The molecule has 0 aliphatic rings. The minimum atomic E-state index is 0.0890. The molecule has 0 heterocycles. The van der Waals surface area contributed by atoms with E-state index in [0.717, 1.165) is 17.2 Å². The van der Waals surface area contributed by atoms with Gasteiger partial charge in [0.25, 0.3) is 0 Å². The van der Waals surface area contributed by atoms with Crippen molar-refractivity contribution < 1.29 is 4.79 Å². The van der Waals surface area contributed by atoms with Crippen LogP contribution in [0.5, 0.6) is 0 Å². The van der Waals surface area contributed by atoms with E-state index in [4.69, 9.17) is 11.6 Å². The van der Waals surface area contributed by atoms with E-state index in [9.17, 15) is 4.79 Å². The lowest BCUT2D eigenvalue weighted by atomic mass is 10.1. The topological polar surface area (TPSA) is 29.1 Å². The molecule has 1 N–H and O–H groups in total. The number of aryl methyl sites for hydroxylation is 1. The number of hydrogen-bond acceptors (Lipinski definition) is 2. The van der Waals surface area contributed by atoms with Crippen molar-refractivity contribution in [2.75, 3.05) is 12.3 Å². The molecule has 0 fully saturated rings. The van der Waals surface area contributed by atoms with Gasteiger partial charge in [-0.15, -0.1) is 11.8 Å². The lowest BCUT2D eigenvalue weighted by Crippen LogP contribution is -2.27. The summed E-state index contributed by atoms with van der Waals surface area (Å²) in [5, 5.41) is 3.68. The average Bonchev–Trinajstić information content (AvgIpc) is 2.51. The third-order valence-corrected chi connectivity index (χ3v) is 4.53. The number of benzene rings is 2. The Hall–Kier alpha value is -1.45. The van der Waals surface area contributed by atoms with E-state index < -0.39 is 0 Å². The molecule has 22 heavy (non-hydrogen) atoms. The van der Waals surface area contributed by atoms with Gasteiger partial charge in [0.2, 0.25) is 5.91 Å². The summed E-state index contributed by atoms with van der Waals surface area (Å²) in [6, 6.07) is 16.1. The van der Waals surface area contributed by atoms with Crippen LogP contribution in [-0.4, -0.2) is 18.2 Å². The molecule has 2 rings (SSSR count). The number of carbonyl (C=O) groups is 1. The van der Waals surface area contributed by atoms with Gasteiger partial charge in [0.05, 0.1) is 5.75 Å². The van der Waals surface area contributed by atoms with Crippen LogP contribution < -0.4 is 5.32 Å². The van der Waals surface area contributed by atoms with Crippen LogP contribution in [0.15, 0.2) is 48.5 Å². The van der Waals surface area contributed by atoms with Crippen molar-refractivity contribution in [3.05, 3.63) is 70.2 Å². The molecule has 0 aliphatic heterocycles. The predicted molar refractivity (Wildman–Crippen MR) is 95.5 cm³/mol. The number of thioether (sulfide) groups is 1. The highest BCUT2D eigenvalue weighted by atomic mass is 35.5. The summed E-state index contributed by atoms with van der Waals surface area (Å²) in [7, 11) is 0. The average molecular weight is 334 g/mol. The van der Waals surface area contributed by atoms with Crippen LogP contribution in [0.4, 0.5) is 0 Å². The van der Waals surface area contributed by atoms with Crippen molar-refractivity contribution in [2.24, 2.45) is 0 Å². The molecule has 0 atom stereocenters. The lowest BCUT2D eigenvalue weighted by molar-refractivity contribution is -0.118. The fourth-order valence-corrected chi connectivity index (χ4v) is 2.94. The van der Waals surface area contributed by atoms with E-state index in [2.05, 4.69) is 36.5 Å². The highest BCUT2D eigenvalue weighted by molar-refractivity contribution is 7.99. The highest BCUT2D eigenvalue weighted by Crippen LogP contribution is 2.13. The number of nitrogens with one attached hydrogen (secondary N) is 1. The van der Waals surface area contributed by atoms with E-state index in [1.54, 1.807) is 11.8 Å².